The number of aromatic nitrogens is 2. The van der Waals surface area contributed by atoms with Crippen molar-refractivity contribution in [2.45, 2.75) is 13.0 Å². The number of urea groups is 1. The Labute approximate surface area is 155 Å². The molecule has 1 heterocycles. The summed E-state index contributed by atoms with van der Waals surface area (Å²) in [5.41, 5.74) is 1.77. The van der Waals surface area contributed by atoms with Gasteiger partial charge in [0.2, 0.25) is 5.13 Å². The molecule has 2 amide bonds. The minimum atomic E-state index is -0.365. The molecule has 3 rings (SSSR count). The number of amides is 2. The van der Waals surface area contributed by atoms with Crippen molar-refractivity contribution in [3.8, 4) is 5.75 Å². The molecule has 0 saturated heterocycles. The van der Waals surface area contributed by atoms with Crippen molar-refractivity contribution in [3.63, 3.8) is 0 Å². The van der Waals surface area contributed by atoms with Gasteiger partial charge in [0.05, 0.1) is 0 Å². The summed E-state index contributed by atoms with van der Waals surface area (Å²) in [4.78, 5) is 12.0. The number of anilines is 2. The van der Waals surface area contributed by atoms with Crippen molar-refractivity contribution in [1.29, 1.82) is 0 Å². The van der Waals surface area contributed by atoms with Crippen LogP contribution in [-0.4, -0.2) is 16.2 Å². The number of allylic oxidation sites excluding steroid dienone is 1. The van der Waals surface area contributed by atoms with E-state index in [9.17, 15) is 4.79 Å². The van der Waals surface area contributed by atoms with Gasteiger partial charge in [0.15, 0.2) is 5.01 Å². The third-order valence-corrected chi connectivity index (χ3v) is 4.22. The van der Waals surface area contributed by atoms with Crippen molar-refractivity contribution in [2.24, 2.45) is 0 Å². The smallest absolute Gasteiger partial charge is 0.325 e. The van der Waals surface area contributed by atoms with E-state index in [0.717, 1.165) is 17.7 Å². The molecule has 1 aromatic heterocycles. The number of para-hydroxylation sites is 2. The number of benzene rings is 2. The number of ether oxygens (including phenoxy) is 1. The first-order valence-corrected chi connectivity index (χ1v) is 8.83. The minimum Gasteiger partial charge on any atom is -0.486 e. The summed E-state index contributed by atoms with van der Waals surface area (Å²) in [7, 11) is 0. The lowest BCUT2D eigenvalue weighted by Crippen LogP contribution is -2.19. The number of rotatable bonds is 7. The summed E-state index contributed by atoms with van der Waals surface area (Å²) in [5.74, 6) is 0.791. The Balaban J connectivity index is 1.55. The first-order chi connectivity index (χ1) is 12.7. The van der Waals surface area contributed by atoms with E-state index in [2.05, 4.69) is 27.4 Å². The molecule has 6 nitrogen and oxygen atoms in total. The topological polar surface area (TPSA) is 76.1 Å². The molecule has 0 fully saturated rings. The molecule has 0 saturated carbocycles. The molecule has 0 aliphatic heterocycles. The number of nitrogens with zero attached hydrogens (tertiary/aromatic N) is 2. The van der Waals surface area contributed by atoms with Crippen LogP contribution in [0.15, 0.2) is 67.3 Å². The molecule has 0 radical (unpaired) electrons. The molecule has 7 heteroatoms. The zero-order chi connectivity index (χ0) is 18.2. The Morgan fingerprint density at radius 3 is 2.65 bits per heavy atom. The highest BCUT2D eigenvalue weighted by Crippen LogP contribution is 2.22. The van der Waals surface area contributed by atoms with Crippen LogP contribution in [0.25, 0.3) is 0 Å². The van der Waals surface area contributed by atoms with E-state index >= 15 is 0 Å². The monoisotopic (exact) mass is 366 g/mol. The zero-order valence-electron chi connectivity index (χ0n) is 14.0. The Bertz CT molecular complexity index is 880. The van der Waals surface area contributed by atoms with Gasteiger partial charge in [-0.3, -0.25) is 5.32 Å². The Kier molecular flexibility index (Phi) is 5.95. The van der Waals surface area contributed by atoms with Gasteiger partial charge < -0.3 is 10.1 Å². The van der Waals surface area contributed by atoms with Crippen molar-refractivity contribution in [3.05, 3.63) is 77.8 Å². The predicted octanol–water partition coefficient (Wildman–Crippen LogP) is 4.49. The lowest BCUT2D eigenvalue weighted by atomic mass is 10.1. The maximum Gasteiger partial charge on any atom is 0.325 e. The summed E-state index contributed by atoms with van der Waals surface area (Å²) >= 11 is 1.27. The van der Waals surface area contributed by atoms with Gasteiger partial charge in [-0.2, -0.15) is 0 Å². The van der Waals surface area contributed by atoms with Crippen LogP contribution in [0.4, 0.5) is 15.6 Å². The van der Waals surface area contributed by atoms with Crippen LogP contribution in [0.5, 0.6) is 5.75 Å². The fraction of sp³-hybridized carbons (Fsp3) is 0.105. The Morgan fingerprint density at radius 1 is 1.08 bits per heavy atom. The predicted molar refractivity (Wildman–Crippen MR) is 104 cm³/mol. The van der Waals surface area contributed by atoms with Gasteiger partial charge in [-0.1, -0.05) is 53.8 Å². The molecular weight excluding hydrogens is 348 g/mol. The highest BCUT2D eigenvalue weighted by molar-refractivity contribution is 7.15. The molecule has 2 N–H and O–H groups in total. The van der Waals surface area contributed by atoms with Crippen molar-refractivity contribution < 1.29 is 9.53 Å². The van der Waals surface area contributed by atoms with Crippen LogP contribution in [0.2, 0.25) is 0 Å². The van der Waals surface area contributed by atoms with E-state index in [4.69, 9.17) is 4.74 Å². The lowest BCUT2D eigenvalue weighted by molar-refractivity contribution is 0.262. The molecule has 0 bridgehead atoms. The highest BCUT2D eigenvalue weighted by atomic mass is 32.1. The number of nitrogens with one attached hydrogen (secondary N) is 2. The highest BCUT2D eigenvalue weighted by Gasteiger charge is 2.10. The normalized spacial score (nSPS) is 10.2. The molecule has 132 valence electrons. The lowest BCUT2D eigenvalue weighted by Gasteiger charge is -2.08. The molecule has 2 aromatic carbocycles. The number of carbonyl (C=O) groups is 1. The summed E-state index contributed by atoms with van der Waals surface area (Å²) in [5, 5.41) is 14.5. The minimum absolute atomic E-state index is 0.286. The summed E-state index contributed by atoms with van der Waals surface area (Å²) in [6, 6.07) is 16.6. The average molecular weight is 366 g/mol. The van der Waals surface area contributed by atoms with E-state index in [1.165, 1.54) is 11.3 Å². The third-order valence-electron chi connectivity index (χ3n) is 3.41. The van der Waals surface area contributed by atoms with Crippen LogP contribution in [0.1, 0.15) is 10.6 Å². The second kappa shape index (κ2) is 8.77. The van der Waals surface area contributed by atoms with Crippen LogP contribution in [0, 0.1) is 0 Å². The molecule has 0 unspecified atom stereocenters. The second-order valence-electron chi connectivity index (χ2n) is 5.34. The quantitative estimate of drug-likeness (QED) is 0.604. The molecule has 0 aliphatic carbocycles. The van der Waals surface area contributed by atoms with Gasteiger partial charge in [-0.25, -0.2) is 4.79 Å². The third kappa shape index (κ3) is 4.90. The summed E-state index contributed by atoms with van der Waals surface area (Å²) < 4.78 is 5.82. The van der Waals surface area contributed by atoms with Crippen LogP contribution in [-0.2, 0) is 13.0 Å². The van der Waals surface area contributed by atoms with E-state index in [-0.39, 0.29) is 12.6 Å². The first-order valence-electron chi connectivity index (χ1n) is 8.01. The van der Waals surface area contributed by atoms with E-state index in [1.54, 1.807) is 12.1 Å². The molecule has 3 aromatic rings. The maximum atomic E-state index is 12.0. The van der Waals surface area contributed by atoms with Gasteiger partial charge in [-0.15, -0.1) is 16.8 Å². The standard InChI is InChI=1S/C19H18N4O2S/c1-2-8-14-9-6-7-12-16(14)25-13-17-22-23-19(26-17)21-18(24)20-15-10-4-3-5-11-15/h2-7,9-12H,1,8,13H2,(H2,20,21,23,24). The van der Waals surface area contributed by atoms with Crippen molar-refractivity contribution >= 4 is 28.2 Å². The Hall–Kier alpha value is -3.19. The maximum absolute atomic E-state index is 12.0. The van der Waals surface area contributed by atoms with Gasteiger partial charge in [-0.05, 0) is 30.2 Å². The van der Waals surface area contributed by atoms with Crippen LogP contribution in [0.3, 0.4) is 0 Å². The van der Waals surface area contributed by atoms with Crippen LogP contribution >= 0.6 is 11.3 Å². The van der Waals surface area contributed by atoms with Gasteiger partial charge >= 0.3 is 6.03 Å². The summed E-state index contributed by atoms with van der Waals surface area (Å²) in [6.45, 7) is 4.04. The molecule has 26 heavy (non-hydrogen) atoms. The van der Waals surface area contributed by atoms with Gasteiger partial charge in [0, 0.05) is 5.69 Å². The van der Waals surface area contributed by atoms with Crippen LogP contribution < -0.4 is 15.4 Å². The van der Waals surface area contributed by atoms with Gasteiger partial charge in [0.25, 0.3) is 0 Å². The molecule has 0 aliphatic rings. The zero-order valence-corrected chi connectivity index (χ0v) is 14.8. The fourth-order valence-electron chi connectivity index (χ4n) is 2.25. The summed E-state index contributed by atoms with van der Waals surface area (Å²) in [6.07, 6.45) is 2.57. The van der Waals surface area contributed by atoms with Crippen molar-refractivity contribution in [2.75, 3.05) is 10.6 Å². The molecular formula is C19H18N4O2S. The number of hydrogen-bond donors (Lipinski definition) is 2. The SMILES string of the molecule is C=CCc1ccccc1OCc1nnc(NC(=O)Nc2ccccc2)s1. The van der Waals surface area contributed by atoms with E-state index < -0.39 is 0 Å². The molecule has 0 atom stereocenters. The Morgan fingerprint density at radius 2 is 1.85 bits per heavy atom. The second-order valence-corrected chi connectivity index (χ2v) is 6.40. The number of hydrogen-bond acceptors (Lipinski definition) is 5. The fourth-order valence-corrected chi connectivity index (χ4v) is 2.90. The van der Waals surface area contributed by atoms with E-state index in [0.29, 0.717) is 15.8 Å². The first kappa shape index (κ1) is 17.6. The number of carbonyl (C=O) groups excluding carboxylic acids is 1. The van der Waals surface area contributed by atoms with Crippen molar-refractivity contribution in [1.82, 2.24) is 10.2 Å². The largest absolute Gasteiger partial charge is 0.486 e. The average Bonchev–Trinajstić information content (AvgIpc) is 3.09. The van der Waals surface area contributed by atoms with Gasteiger partial charge in [0.1, 0.15) is 12.4 Å². The van der Waals surface area contributed by atoms with E-state index in [1.807, 2.05) is 48.5 Å². The molecule has 0 spiro atoms.